The maximum Gasteiger partial charge on any atom is 0.269 e. The molecule has 0 radical (unpaired) electrons. The highest BCUT2D eigenvalue weighted by Gasteiger charge is 2.22. The molecule has 1 aromatic carbocycles. The summed E-state index contributed by atoms with van der Waals surface area (Å²) >= 11 is 0. The molecule has 110 valence electrons. The number of hydrogen-bond acceptors (Lipinski definition) is 4. The number of nitrogens with one attached hydrogen (secondary N) is 1. The van der Waals surface area contributed by atoms with Crippen LogP contribution in [-0.2, 0) is 4.79 Å². The van der Waals surface area contributed by atoms with Gasteiger partial charge < -0.3 is 11.1 Å². The third kappa shape index (κ3) is 4.03. The topological polar surface area (TPSA) is 98.3 Å². The first-order chi connectivity index (χ1) is 9.36. The van der Waals surface area contributed by atoms with E-state index in [1.807, 2.05) is 13.8 Å². The van der Waals surface area contributed by atoms with E-state index in [-0.39, 0.29) is 36.0 Å². The van der Waals surface area contributed by atoms with Crippen LogP contribution in [0.25, 0.3) is 0 Å². The quantitative estimate of drug-likeness (QED) is 0.614. The van der Waals surface area contributed by atoms with Crippen molar-refractivity contribution in [2.75, 3.05) is 6.54 Å². The summed E-state index contributed by atoms with van der Waals surface area (Å²) in [6.07, 6.45) is 0. The molecular formula is C14H21N3O3. The lowest BCUT2D eigenvalue weighted by atomic mass is 9.94. The van der Waals surface area contributed by atoms with Gasteiger partial charge in [-0.2, -0.15) is 0 Å². The average molecular weight is 279 g/mol. The number of nitro benzene ring substituents is 1. The molecule has 1 aromatic rings. The number of rotatable bonds is 6. The molecule has 2 unspecified atom stereocenters. The van der Waals surface area contributed by atoms with Crippen LogP contribution in [0.2, 0.25) is 0 Å². The van der Waals surface area contributed by atoms with Crippen LogP contribution in [0.15, 0.2) is 24.3 Å². The maximum absolute atomic E-state index is 12.1. The molecule has 1 rings (SSSR count). The van der Waals surface area contributed by atoms with E-state index in [0.29, 0.717) is 5.56 Å². The predicted molar refractivity (Wildman–Crippen MR) is 77.0 cm³/mol. The van der Waals surface area contributed by atoms with Crippen LogP contribution in [-0.4, -0.2) is 17.4 Å². The Labute approximate surface area is 118 Å². The van der Waals surface area contributed by atoms with E-state index in [2.05, 4.69) is 5.32 Å². The van der Waals surface area contributed by atoms with E-state index in [9.17, 15) is 14.9 Å². The Hall–Kier alpha value is -1.95. The molecule has 3 N–H and O–H groups in total. The Morgan fingerprint density at radius 3 is 2.55 bits per heavy atom. The van der Waals surface area contributed by atoms with Crippen molar-refractivity contribution in [1.82, 2.24) is 5.32 Å². The lowest BCUT2D eigenvalue weighted by molar-refractivity contribution is -0.384. The van der Waals surface area contributed by atoms with Gasteiger partial charge in [-0.15, -0.1) is 0 Å². The van der Waals surface area contributed by atoms with Crippen LogP contribution in [0.3, 0.4) is 0 Å². The minimum absolute atomic E-state index is 0.0165. The Bertz CT molecular complexity index is 488. The highest BCUT2D eigenvalue weighted by Crippen LogP contribution is 2.20. The van der Waals surface area contributed by atoms with Gasteiger partial charge in [0.2, 0.25) is 5.91 Å². The standard InChI is InChI=1S/C14H21N3O3/c1-9(2)13(8-15)14(18)16-10(3)11-5-4-6-12(7-11)17(19)20/h4-7,9-10,13H,8,15H2,1-3H3,(H,16,18). The third-order valence-electron chi connectivity index (χ3n) is 3.34. The molecule has 0 bridgehead atoms. The fraction of sp³-hybridized carbons (Fsp3) is 0.500. The van der Waals surface area contributed by atoms with Crippen molar-refractivity contribution >= 4 is 11.6 Å². The summed E-state index contributed by atoms with van der Waals surface area (Å²) in [5, 5.41) is 13.6. The van der Waals surface area contributed by atoms with Gasteiger partial charge in [-0.3, -0.25) is 14.9 Å². The molecule has 6 heteroatoms. The van der Waals surface area contributed by atoms with Crippen LogP contribution < -0.4 is 11.1 Å². The summed E-state index contributed by atoms with van der Waals surface area (Å²) in [5.41, 5.74) is 6.32. The van der Waals surface area contributed by atoms with Gasteiger partial charge in [-0.1, -0.05) is 26.0 Å². The fourth-order valence-electron chi connectivity index (χ4n) is 1.99. The molecule has 0 aromatic heterocycles. The normalized spacial score (nSPS) is 13.8. The zero-order chi connectivity index (χ0) is 15.3. The molecule has 2 atom stereocenters. The number of benzene rings is 1. The van der Waals surface area contributed by atoms with Crippen LogP contribution in [0, 0.1) is 22.0 Å². The van der Waals surface area contributed by atoms with E-state index in [1.165, 1.54) is 12.1 Å². The number of carbonyl (C=O) groups is 1. The van der Waals surface area contributed by atoms with Crippen LogP contribution in [0.1, 0.15) is 32.4 Å². The van der Waals surface area contributed by atoms with Crippen LogP contribution in [0.4, 0.5) is 5.69 Å². The SMILES string of the molecule is CC(NC(=O)C(CN)C(C)C)c1cccc([N+](=O)[O-])c1. The largest absolute Gasteiger partial charge is 0.349 e. The van der Waals surface area contributed by atoms with Gasteiger partial charge in [0.25, 0.3) is 5.69 Å². The summed E-state index contributed by atoms with van der Waals surface area (Å²) < 4.78 is 0. The van der Waals surface area contributed by atoms with Crippen molar-refractivity contribution in [3.05, 3.63) is 39.9 Å². The van der Waals surface area contributed by atoms with Crippen molar-refractivity contribution in [3.63, 3.8) is 0 Å². The number of nitrogens with zero attached hydrogens (tertiary/aromatic N) is 1. The molecule has 1 amide bonds. The zero-order valence-electron chi connectivity index (χ0n) is 12.0. The molecule has 0 fully saturated rings. The van der Waals surface area contributed by atoms with Gasteiger partial charge in [0.05, 0.1) is 16.9 Å². The highest BCUT2D eigenvalue weighted by atomic mass is 16.6. The Balaban J connectivity index is 2.80. The molecule has 6 nitrogen and oxygen atoms in total. The lowest BCUT2D eigenvalue weighted by Gasteiger charge is -2.21. The molecule has 0 saturated carbocycles. The number of nitrogens with two attached hydrogens (primary N) is 1. The van der Waals surface area contributed by atoms with Gasteiger partial charge in [-0.25, -0.2) is 0 Å². The van der Waals surface area contributed by atoms with Gasteiger partial charge in [-0.05, 0) is 18.4 Å². The van der Waals surface area contributed by atoms with Gasteiger partial charge >= 0.3 is 0 Å². The second kappa shape index (κ2) is 7.00. The highest BCUT2D eigenvalue weighted by molar-refractivity contribution is 5.79. The fourth-order valence-corrected chi connectivity index (χ4v) is 1.99. The van der Waals surface area contributed by atoms with E-state index in [1.54, 1.807) is 19.1 Å². The van der Waals surface area contributed by atoms with Crippen molar-refractivity contribution in [2.45, 2.75) is 26.8 Å². The Morgan fingerprint density at radius 2 is 2.05 bits per heavy atom. The molecule has 0 heterocycles. The number of non-ortho nitro benzene ring substituents is 1. The maximum atomic E-state index is 12.1. The molecule has 0 aliphatic heterocycles. The molecule has 0 aliphatic carbocycles. The number of nitro groups is 1. The van der Waals surface area contributed by atoms with Gasteiger partial charge in [0, 0.05) is 18.7 Å². The molecular weight excluding hydrogens is 258 g/mol. The van der Waals surface area contributed by atoms with E-state index in [0.717, 1.165) is 0 Å². The number of carbonyl (C=O) groups excluding carboxylic acids is 1. The van der Waals surface area contributed by atoms with Crippen molar-refractivity contribution in [2.24, 2.45) is 17.6 Å². The molecule has 0 saturated heterocycles. The summed E-state index contributed by atoms with van der Waals surface area (Å²) in [7, 11) is 0. The minimum atomic E-state index is -0.450. The molecule has 0 spiro atoms. The first-order valence-electron chi connectivity index (χ1n) is 6.61. The average Bonchev–Trinajstić information content (AvgIpc) is 2.39. The lowest BCUT2D eigenvalue weighted by Crippen LogP contribution is -2.39. The second-order valence-electron chi connectivity index (χ2n) is 5.17. The zero-order valence-corrected chi connectivity index (χ0v) is 12.0. The van der Waals surface area contributed by atoms with E-state index >= 15 is 0 Å². The molecule has 0 aliphatic rings. The summed E-state index contributed by atoms with van der Waals surface area (Å²) in [4.78, 5) is 22.4. The predicted octanol–water partition coefficient (Wildman–Crippen LogP) is 2.00. The minimum Gasteiger partial charge on any atom is -0.349 e. The number of hydrogen-bond donors (Lipinski definition) is 2. The van der Waals surface area contributed by atoms with Gasteiger partial charge in [0.1, 0.15) is 0 Å². The summed E-state index contributed by atoms with van der Waals surface area (Å²) in [5.74, 6) is -0.227. The van der Waals surface area contributed by atoms with Gasteiger partial charge in [0.15, 0.2) is 0 Å². The first-order valence-corrected chi connectivity index (χ1v) is 6.61. The molecule has 20 heavy (non-hydrogen) atoms. The first kappa shape index (κ1) is 16.1. The van der Waals surface area contributed by atoms with Crippen LogP contribution in [0.5, 0.6) is 0 Å². The monoisotopic (exact) mass is 279 g/mol. The van der Waals surface area contributed by atoms with E-state index < -0.39 is 4.92 Å². The van der Waals surface area contributed by atoms with Crippen molar-refractivity contribution in [1.29, 1.82) is 0 Å². The van der Waals surface area contributed by atoms with Crippen molar-refractivity contribution in [3.8, 4) is 0 Å². The number of amides is 1. The van der Waals surface area contributed by atoms with Crippen molar-refractivity contribution < 1.29 is 9.72 Å². The summed E-state index contributed by atoms with van der Waals surface area (Å²) in [6.45, 7) is 5.96. The van der Waals surface area contributed by atoms with Crippen LogP contribution >= 0.6 is 0 Å². The van der Waals surface area contributed by atoms with E-state index in [4.69, 9.17) is 5.73 Å². The smallest absolute Gasteiger partial charge is 0.269 e. The third-order valence-corrected chi connectivity index (χ3v) is 3.34. The summed E-state index contributed by atoms with van der Waals surface area (Å²) in [6, 6.07) is 5.96. The Kier molecular flexibility index (Phi) is 5.64. The second-order valence-corrected chi connectivity index (χ2v) is 5.17. The Morgan fingerprint density at radius 1 is 1.40 bits per heavy atom.